The molecule has 2 unspecified atom stereocenters. The molecule has 8 heteroatoms. The maximum absolute atomic E-state index is 12.2. The number of hydrogen-bond donors (Lipinski definition) is 0. The molecular weight excluding hydrogens is 334 g/mol. The number of rotatable bonds is 4. The summed E-state index contributed by atoms with van der Waals surface area (Å²) in [5.74, 6) is -0.137. The Balaban J connectivity index is 1.59. The van der Waals surface area contributed by atoms with Crippen molar-refractivity contribution in [3.8, 4) is 0 Å². The van der Waals surface area contributed by atoms with Crippen LogP contribution in [0.15, 0.2) is 48.8 Å². The van der Waals surface area contributed by atoms with Gasteiger partial charge in [-0.3, -0.25) is 14.4 Å². The second-order valence-electron chi connectivity index (χ2n) is 5.15. The number of β-lactam (4-membered cyclic amide) rings is 1. The number of amides is 1. The molecule has 0 bridgehead atoms. The minimum Gasteiger partial charge on any atom is -0.276 e. The summed E-state index contributed by atoms with van der Waals surface area (Å²) in [7, 11) is 0. The Morgan fingerprint density at radius 2 is 2.00 bits per heavy atom. The molecule has 23 heavy (non-hydrogen) atoms. The molecular formula is C15H12ClN5OS. The topological polar surface area (TPSA) is 63.9 Å². The van der Waals surface area contributed by atoms with Gasteiger partial charge in [0.2, 0.25) is 11.0 Å². The largest absolute Gasteiger partial charge is 0.276 e. The Labute approximate surface area is 141 Å². The van der Waals surface area contributed by atoms with E-state index in [4.69, 9.17) is 11.6 Å². The fraction of sp³-hybridized carbons (Fsp3) is 0.200. The number of alkyl halides is 1. The molecule has 2 atom stereocenters. The van der Waals surface area contributed by atoms with Gasteiger partial charge in [-0.1, -0.05) is 41.7 Å². The van der Waals surface area contributed by atoms with Crippen LogP contribution >= 0.6 is 22.9 Å². The van der Waals surface area contributed by atoms with Gasteiger partial charge in [-0.05, 0) is 11.6 Å². The molecule has 4 rings (SSSR count). The van der Waals surface area contributed by atoms with Crippen LogP contribution in [0.1, 0.15) is 16.6 Å². The number of anilines is 1. The van der Waals surface area contributed by atoms with Gasteiger partial charge in [0.05, 0.1) is 12.6 Å². The molecule has 0 saturated carbocycles. The summed E-state index contributed by atoms with van der Waals surface area (Å²) in [6, 6.07) is 11.4. The number of carbonyl (C=O) groups excluding carboxylic acids is 1. The van der Waals surface area contributed by atoms with Gasteiger partial charge in [-0.2, -0.15) is 5.10 Å². The first-order valence-electron chi connectivity index (χ1n) is 7.06. The molecule has 2 aromatic heterocycles. The van der Waals surface area contributed by atoms with Crippen LogP contribution in [0.5, 0.6) is 0 Å². The van der Waals surface area contributed by atoms with E-state index in [9.17, 15) is 4.79 Å². The third-order valence-corrected chi connectivity index (χ3v) is 5.02. The molecule has 3 aromatic rings. The summed E-state index contributed by atoms with van der Waals surface area (Å²) in [6.45, 7) is 0.535. The van der Waals surface area contributed by atoms with Crippen molar-refractivity contribution in [1.82, 2.24) is 20.0 Å². The Bertz CT molecular complexity index is 820. The van der Waals surface area contributed by atoms with E-state index in [1.165, 1.54) is 11.3 Å². The molecule has 3 heterocycles. The standard InChI is InChI=1S/C15H12ClN5OS/c16-12-13(10-5-2-1-3-6-10)21(14(12)22)15-19-18-11(23-15)9-20-8-4-7-17-20/h1-8,12-13H,9H2. The van der Waals surface area contributed by atoms with Gasteiger partial charge in [0.1, 0.15) is 10.4 Å². The maximum atomic E-state index is 12.2. The van der Waals surface area contributed by atoms with Crippen molar-refractivity contribution in [1.29, 1.82) is 0 Å². The molecule has 0 aliphatic carbocycles. The molecule has 0 N–H and O–H groups in total. The number of benzene rings is 1. The van der Waals surface area contributed by atoms with E-state index < -0.39 is 5.38 Å². The molecule has 1 aliphatic heterocycles. The quantitative estimate of drug-likeness (QED) is 0.538. The molecule has 0 spiro atoms. The monoisotopic (exact) mass is 345 g/mol. The number of nitrogens with zero attached hydrogens (tertiary/aromatic N) is 5. The lowest BCUT2D eigenvalue weighted by molar-refractivity contribution is -0.123. The second-order valence-corrected chi connectivity index (χ2v) is 6.66. The zero-order valence-corrected chi connectivity index (χ0v) is 13.5. The SMILES string of the molecule is O=C1C(Cl)C(c2ccccc2)N1c1nnc(Cn2cccn2)s1. The number of halogens is 1. The summed E-state index contributed by atoms with van der Waals surface area (Å²) < 4.78 is 1.77. The highest BCUT2D eigenvalue weighted by atomic mass is 35.5. The fourth-order valence-electron chi connectivity index (χ4n) is 2.57. The van der Waals surface area contributed by atoms with Crippen LogP contribution in [0.3, 0.4) is 0 Å². The van der Waals surface area contributed by atoms with Gasteiger partial charge in [-0.15, -0.1) is 21.8 Å². The number of carbonyl (C=O) groups is 1. The zero-order chi connectivity index (χ0) is 15.8. The third kappa shape index (κ3) is 2.51. The van der Waals surface area contributed by atoms with Gasteiger partial charge in [0.15, 0.2) is 0 Å². The first-order chi connectivity index (χ1) is 11.2. The minimum absolute atomic E-state index is 0.137. The van der Waals surface area contributed by atoms with E-state index in [0.29, 0.717) is 11.7 Å². The second kappa shape index (κ2) is 5.75. The Hall–Kier alpha value is -2.25. The lowest BCUT2D eigenvalue weighted by Crippen LogP contribution is -2.56. The van der Waals surface area contributed by atoms with Gasteiger partial charge in [0, 0.05) is 12.4 Å². The van der Waals surface area contributed by atoms with Crippen molar-refractivity contribution in [3.63, 3.8) is 0 Å². The number of hydrogen-bond acceptors (Lipinski definition) is 5. The summed E-state index contributed by atoms with van der Waals surface area (Å²) in [5, 5.41) is 13.3. The predicted molar refractivity (Wildman–Crippen MR) is 87.5 cm³/mol. The average Bonchev–Trinajstić information content (AvgIpc) is 3.25. The van der Waals surface area contributed by atoms with Crippen LogP contribution in [0.2, 0.25) is 0 Å². The van der Waals surface area contributed by atoms with Crippen molar-refractivity contribution in [2.45, 2.75) is 18.0 Å². The smallest absolute Gasteiger partial charge is 0.250 e. The normalized spacial score (nSPS) is 20.6. The van der Waals surface area contributed by atoms with Crippen LogP contribution in [0.4, 0.5) is 5.13 Å². The van der Waals surface area contributed by atoms with Crippen LogP contribution in [0.25, 0.3) is 0 Å². The molecule has 1 aromatic carbocycles. The Morgan fingerprint density at radius 3 is 2.74 bits per heavy atom. The fourth-order valence-corrected chi connectivity index (χ4v) is 3.81. The summed E-state index contributed by atoms with van der Waals surface area (Å²) >= 11 is 7.60. The van der Waals surface area contributed by atoms with E-state index in [1.807, 2.05) is 42.6 Å². The molecule has 6 nitrogen and oxygen atoms in total. The van der Waals surface area contributed by atoms with Gasteiger partial charge in [0.25, 0.3) is 0 Å². The van der Waals surface area contributed by atoms with Gasteiger partial charge < -0.3 is 0 Å². The highest BCUT2D eigenvalue weighted by molar-refractivity contribution is 7.15. The average molecular weight is 346 g/mol. The third-order valence-electron chi connectivity index (χ3n) is 3.69. The van der Waals surface area contributed by atoms with Crippen molar-refractivity contribution in [2.75, 3.05) is 4.90 Å². The van der Waals surface area contributed by atoms with Crippen LogP contribution in [0, 0.1) is 0 Å². The Morgan fingerprint density at radius 1 is 1.17 bits per heavy atom. The molecule has 1 saturated heterocycles. The van der Waals surface area contributed by atoms with E-state index in [2.05, 4.69) is 15.3 Å². The van der Waals surface area contributed by atoms with E-state index in [-0.39, 0.29) is 11.9 Å². The summed E-state index contributed by atoms with van der Waals surface area (Å²) in [5.41, 5.74) is 0.996. The highest BCUT2D eigenvalue weighted by Gasteiger charge is 2.49. The van der Waals surface area contributed by atoms with E-state index >= 15 is 0 Å². The first-order valence-corrected chi connectivity index (χ1v) is 8.31. The molecule has 0 radical (unpaired) electrons. The van der Waals surface area contributed by atoms with Crippen LogP contribution in [-0.2, 0) is 11.3 Å². The van der Waals surface area contributed by atoms with E-state index in [0.717, 1.165) is 10.6 Å². The summed E-state index contributed by atoms with van der Waals surface area (Å²) in [4.78, 5) is 13.8. The molecule has 1 fully saturated rings. The van der Waals surface area contributed by atoms with E-state index in [1.54, 1.807) is 15.8 Å². The highest BCUT2D eigenvalue weighted by Crippen LogP contribution is 2.42. The molecule has 1 amide bonds. The maximum Gasteiger partial charge on any atom is 0.250 e. The van der Waals surface area contributed by atoms with Crippen LogP contribution in [-0.4, -0.2) is 31.3 Å². The molecule has 116 valence electrons. The lowest BCUT2D eigenvalue weighted by atomic mass is 9.94. The predicted octanol–water partition coefficient (Wildman–Crippen LogP) is 2.48. The van der Waals surface area contributed by atoms with Crippen molar-refractivity contribution >= 4 is 34.0 Å². The van der Waals surface area contributed by atoms with Crippen molar-refractivity contribution < 1.29 is 4.79 Å². The van der Waals surface area contributed by atoms with Gasteiger partial charge >= 0.3 is 0 Å². The first kappa shape index (κ1) is 14.3. The lowest BCUT2D eigenvalue weighted by Gasteiger charge is -2.42. The van der Waals surface area contributed by atoms with Crippen molar-refractivity contribution in [2.24, 2.45) is 0 Å². The van der Waals surface area contributed by atoms with Crippen molar-refractivity contribution in [3.05, 3.63) is 59.4 Å². The van der Waals surface area contributed by atoms with Crippen LogP contribution < -0.4 is 4.90 Å². The summed E-state index contributed by atoms with van der Waals surface area (Å²) in [6.07, 6.45) is 3.57. The minimum atomic E-state index is -0.559. The zero-order valence-electron chi connectivity index (χ0n) is 11.9. The van der Waals surface area contributed by atoms with Gasteiger partial charge in [-0.25, -0.2) is 0 Å². The molecule has 1 aliphatic rings. The Kier molecular flexibility index (Phi) is 3.59. The number of aromatic nitrogens is 4.